The molecule has 2 heterocycles. The van der Waals surface area contributed by atoms with E-state index in [1.54, 1.807) is 23.1 Å². The van der Waals surface area contributed by atoms with Gasteiger partial charge in [0, 0.05) is 53.1 Å². The van der Waals surface area contributed by atoms with Crippen molar-refractivity contribution in [1.82, 2.24) is 0 Å². The first-order chi connectivity index (χ1) is 21.5. The molecule has 0 spiro atoms. The van der Waals surface area contributed by atoms with Crippen molar-refractivity contribution in [3.05, 3.63) is 71.8 Å². The maximum Gasteiger partial charge on any atom is 0.524 e. The standard InChI is InChI=1S/C35H36N3O6P/c1-3-20-15-37(27-13-26(36)22-9-5-7-11-24(22)30(20)27)32(39)34-17-35(18-34,19-34)33(40)38-16-21(4-2)31-25-12-8-6-10-23(25)29(14-28(31)38)44-45(41,42)43/h5-14,20-21H,3-4,15-19,36H2,1-2H3,(H2,41,42,43)/t20-,21-,34?,35?/m1/s1. The summed E-state index contributed by atoms with van der Waals surface area (Å²) >= 11 is 0. The zero-order chi connectivity index (χ0) is 31.5. The minimum atomic E-state index is -4.83. The molecule has 9 nitrogen and oxygen atoms in total. The Bertz CT molecular complexity index is 1980. The van der Waals surface area contributed by atoms with Gasteiger partial charge in [-0.05, 0) is 60.1 Å². The van der Waals surface area contributed by atoms with Gasteiger partial charge in [0.05, 0.1) is 16.5 Å². The fourth-order valence-corrected chi connectivity index (χ4v) is 9.36. The molecule has 2 aliphatic heterocycles. The van der Waals surface area contributed by atoms with Gasteiger partial charge in [0.25, 0.3) is 0 Å². The Kier molecular flexibility index (Phi) is 6.06. The Morgan fingerprint density at radius 3 is 1.73 bits per heavy atom. The topological polar surface area (TPSA) is 133 Å². The van der Waals surface area contributed by atoms with E-state index in [1.807, 2.05) is 41.3 Å². The highest BCUT2D eigenvalue weighted by atomic mass is 31.2. The van der Waals surface area contributed by atoms with Crippen LogP contribution in [0.15, 0.2) is 60.7 Å². The van der Waals surface area contributed by atoms with E-state index in [1.165, 1.54) is 5.56 Å². The molecule has 9 rings (SSSR count). The fourth-order valence-electron chi connectivity index (χ4n) is 8.95. The number of rotatable bonds is 6. The van der Waals surface area contributed by atoms with Gasteiger partial charge in [-0.2, -0.15) is 0 Å². The maximum absolute atomic E-state index is 14.3. The van der Waals surface area contributed by atoms with Crippen molar-refractivity contribution in [2.75, 3.05) is 28.6 Å². The Morgan fingerprint density at radius 2 is 1.24 bits per heavy atom. The highest BCUT2D eigenvalue weighted by molar-refractivity contribution is 7.46. The summed E-state index contributed by atoms with van der Waals surface area (Å²) in [5, 5.41) is 3.55. The van der Waals surface area contributed by atoms with E-state index in [0.717, 1.165) is 40.3 Å². The summed E-state index contributed by atoms with van der Waals surface area (Å²) < 4.78 is 17.0. The van der Waals surface area contributed by atoms with Crippen LogP contribution >= 0.6 is 7.82 Å². The van der Waals surface area contributed by atoms with Gasteiger partial charge in [-0.1, -0.05) is 62.4 Å². The number of hydrogen-bond donors (Lipinski definition) is 3. The number of nitrogens with two attached hydrogens (primary N) is 1. The van der Waals surface area contributed by atoms with Crippen LogP contribution in [-0.4, -0.2) is 34.7 Å². The first-order valence-electron chi connectivity index (χ1n) is 15.7. The van der Waals surface area contributed by atoms with E-state index in [0.29, 0.717) is 49.1 Å². The molecule has 232 valence electrons. The molecule has 0 aromatic heterocycles. The SMILES string of the molecule is CC[C@@H]1CN(C(=O)C23CC(C(=O)N4C[C@@H](CC)c5c4cc(OP(=O)(O)O)c4ccccc54)(C2)C3)c2cc(N)c3ccccc3c21. The van der Waals surface area contributed by atoms with Crippen LogP contribution in [0.1, 0.15) is 68.9 Å². The van der Waals surface area contributed by atoms with Crippen LogP contribution in [0, 0.1) is 10.8 Å². The number of phosphoric ester groups is 1. The second kappa shape index (κ2) is 9.55. The zero-order valence-corrected chi connectivity index (χ0v) is 26.2. The zero-order valence-electron chi connectivity index (χ0n) is 25.3. The number of amides is 2. The molecule has 3 saturated carbocycles. The lowest BCUT2D eigenvalue weighted by Gasteiger charge is -2.69. The van der Waals surface area contributed by atoms with Crippen LogP contribution in [0.5, 0.6) is 5.75 Å². The predicted octanol–water partition coefficient (Wildman–Crippen LogP) is 6.60. The fraction of sp³-hybridized carbons (Fsp3) is 0.371. The molecule has 0 saturated heterocycles. The molecule has 4 aromatic rings. The van der Waals surface area contributed by atoms with Crippen molar-refractivity contribution >= 4 is 58.2 Å². The molecule has 2 bridgehead atoms. The van der Waals surface area contributed by atoms with Crippen molar-refractivity contribution in [2.24, 2.45) is 10.8 Å². The molecule has 10 heteroatoms. The van der Waals surface area contributed by atoms with Gasteiger partial charge in [0.2, 0.25) is 11.8 Å². The molecule has 2 amide bonds. The second-order valence-electron chi connectivity index (χ2n) is 13.5. The predicted molar refractivity (Wildman–Crippen MR) is 174 cm³/mol. The van der Waals surface area contributed by atoms with Gasteiger partial charge in [0.15, 0.2) is 0 Å². The normalized spacial score (nSPS) is 26.4. The summed E-state index contributed by atoms with van der Waals surface area (Å²) in [4.78, 5) is 51.5. The highest BCUT2D eigenvalue weighted by Crippen LogP contribution is 2.75. The number of phosphoric acid groups is 1. The van der Waals surface area contributed by atoms with E-state index in [-0.39, 0.29) is 29.4 Å². The molecule has 2 atom stereocenters. The average molecular weight is 626 g/mol. The van der Waals surface area contributed by atoms with Crippen molar-refractivity contribution in [2.45, 2.75) is 57.8 Å². The Labute approximate surface area is 261 Å². The van der Waals surface area contributed by atoms with E-state index >= 15 is 0 Å². The molecule has 45 heavy (non-hydrogen) atoms. The minimum Gasteiger partial charge on any atom is -0.404 e. The van der Waals surface area contributed by atoms with E-state index in [9.17, 15) is 23.9 Å². The molecule has 5 aliphatic rings. The van der Waals surface area contributed by atoms with Crippen molar-refractivity contribution in [3.63, 3.8) is 0 Å². The molecule has 4 N–H and O–H groups in total. The summed E-state index contributed by atoms with van der Waals surface area (Å²) in [7, 11) is -4.83. The molecule has 0 unspecified atom stereocenters. The van der Waals surface area contributed by atoms with Gasteiger partial charge in [0.1, 0.15) is 5.75 Å². The van der Waals surface area contributed by atoms with Gasteiger partial charge in [-0.3, -0.25) is 19.4 Å². The molecule has 4 aromatic carbocycles. The quantitative estimate of drug-likeness (QED) is 0.162. The number of anilines is 3. The Hall–Kier alpha value is -3.91. The molecule has 0 radical (unpaired) electrons. The number of hydrogen-bond acceptors (Lipinski definition) is 5. The highest BCUT2D eigenvalue weighted by Gasteiger charge is 2.76. The summed E-state index contributed by atoms with van der Waals surface area (Å²) in [6.45, 7) is 5.34. The van der Waals surface area contributed by atoms with Crippen LogP contribution in [0.25, 0.3) is 21.5 Å². The number of carbonyl (C=O) groups excluding carboxylic acids is 2. The number of nitrogens with zero attached hydrogens (tertiary/aromatic N) is 2. The second-order valence-corrected chi connectivity index (χ2v) is 14.7. The van der Waals surface area contributed by atoms with Crippen LogP contribution in [-0.2, 0) is 14.2 Å². The van der Waals surface area contributed by atoms with Gasteiger partial charge in [-0.15, -0.1) is 0 Å². The van der Waals surface area contributed by atoms with Gasteiger partial charge >= 0.3 is 7.82 Å². The van der Waals surface area contributed by atoms with Crippen molar-refractivity contribution in [1.29, 1.82) is 0 Å². The lowest BCUT2D eigenvalue weighted by Crippen LogP contribution is -2.72. The molecular weight excluding hydrogens is 589 g/mol. The monoisotopic (exact) mass is 625 g/mol. The van der Waals surface area contributed by atoms with Crippen LogP contribution < -0.4 is 20.1 Å². The number of carbonyl (C=O) groups is 2. The van der Waals surface area contributed by atoms with Crippen LogP contribution in [0.3, 0.4) is 0 Å². The summed E-state index contributed by atoms with van der Waals surface area (Å²) in [5.74, 6) is 0.425. The van der Waals surface area contributed by atoms with Gasteiger partial charge in [-0.25, -0.2) is 4.57 Å². The third-order valence-electron chi connectivity index (χ3n) is 11.0. The lowest BCUT2D eigenvalue weighted by molar-refractivity contribution is -0.205. The van der Waals surface area contributed by atoms with E-state index in [2.05, 4.69) is 19.9 Å². The summed E-state index contributed by atoms with van der Waals surface area (Å²) in [6.07, 6.45) is 3.23. The summed E-state index contributed by atoms with van der Waals surface area (Å²) in [5.41, 5.74) is 9.70. The molecule has 3 aliphatic carbocycles. The Morgan fingerprint density at radius 1 is 0.800 bits per heavy atom. The van der Waals surface area contributed by atoms with Crippen LogP contribution in [0.4, 0.5) is 17.1 Å². The number of benzene rings is 4. The third kappa shape index (κ3) is 3.97. The van der Waals surface area contributed by atoms with Crippen LogP contribution in [0.2, 0.25) is 0 Å². The maximum atomic E-state index is 14.3. The van der Waals surface area contributed by atoms with E-state index in [4.69, 9.17) is 10.3 Å². The summed E-state index contributed by atoms with van der Waals surface area (Å²) in [6, 6.07) is 19.1. The third-order valence-corrected chi connectivity index (χ3v) is 11.4. The van der Waals surface area contributed by atoms with Crippen molar-refractivity contribution in [3.8, 4) is 5.75 Å². The van der Waals surface area contributed by atoms with E-state index < -0.39 is 18.7 Å². The molecule has 3 fully saturated rings. The molecular formula is C35H36N3O6P. The largest absolute Gasteiger partial charge is 0.524 e. The Balaban J connectivity index is 1.09. The van der Waals surface area contributed by atoms with Crippen molar-refractivity contribution < 1.29 is 28.5 Å². The average Bonchev–Trinajstić information content (AvgIpc) is 3.53. The minimum absolute atomic E-state index is 0.0183. The number of fused-ring (bicyclic) bond motifs is 6. The van der Waals surface area contributed by atoms with Gasteiger partial charge < -0.3 is 20.1 Å². The lowest BCUT2D eigenvalue weighted by atomic mass is 9.34. The first kappa shape index (κ1) is 28.6. The number of nitrogen functional groups attached to an aromatic ring is 1. The smallest absolute Gasteiger partial charge is 0.404 e. The first-order valence-corrected chi connectivity index (χ1v) is 17.3.